The van der Waals surface area contributed by atoms with E-state index in [1.807, 2.05) is 0 Å². The van der Waals surface area contributed by atoms with Crippen molar-refractivity contribution in [2.24, 2.45) is 0 Å². The molecule has 0 fully saturated rings. The molecule has 4 nitrogen and oxygen atoms in total. The van der Waals surface area contributed by atoms with E-state index in [0.717, 1.165) is 22.7 Å². The van der Waals surface area contributed by atoms with Crippen LogP contribution in [0.3, 0.4) is 0 Å². The van der Waals surface area contributed by atoms with Gasteiger partial charge in [0.15, 0.2) is 5.12 Å². The van der Waals surface area contributed by atoms with Gasteiger partial charge in [-0.2, -0.15) is 0 Å². The van der Waals surface area contributed by atoms with E-state index in [2.05, 4.69) is 4.98 Å². The first-order chi connectivity index (χ1) is 9.99. The predicted octanol–water partition coefficient (Wildman–Crippen LogP) is 2.95. The molecule has 0 aliphatic rings. The molecule has 112 valence electrons. The van der Waals surface area contributed by atoms with Crippen molar-refractivity contribution in [1.82, 2.24) is 4.98 Å². The number of aliphatic hydroxyl groups is 2. The lowest BCUT2D eigenvalue weighted by Gasteiger charge is -2.18. The summed E-state index contributed by atoms with van der Waals surface area (Å²) >= 11 is 7.24. The molecule has 0 saturated heterocycles. The second-order valence-electron chi connectivity index (χ2n) is 4.71. The Balaban J connectivity index is 2.13. The number of carbonyl (C=O) groups is 1. The fraction of sp³-hybridized carbons (Fsp3) is 0.333. The third-order valence-corrected chi connectivity index (χ3v) is 4.31. The topological polar surface area (TPSA) is 70.4 Å². The largest absolute Gasteiger partial charge is 0.390 e. The number of nitrogens with zero attached hydrogens (tertiary/aromatic N) is 1. The van der Waals surface area contributed by atoms with E-state index in [4.69, 9.17) is 11.6 Å². The summed E-state index contributed by atoms with van der Waals surface area (Å²) in [6, 6.07) is 6.89. The van der Waals surface area contributed by atoms with Gasteiger partial charge in [-0.3, -0.25) is 9.78 Å². The zero-order valence-electron chi connectivity index (χ0n) is 11.5. The van der Waals surface area contributed by atoms with Crippen molar-refractivity contribution in [3.05, 3.63) is 41.0 Å². The maximum atomic E-state index is 10.8. The van der Waals surface area contributed by atoms with Crippen molar-refractivity contribution in [3.8, 4) is 0 Å². The number of pyridine rings is 1. The number of aliphatic hydroxyl groups excluding tert-OH is 2. The number of hydrogen-bond acceptors (Lipinski definition) is 5. The molecule has 2 atom stereocenters. The molecule has 2 unspecified atom stereocenters. The summed E-state index contributed by atoms with van der Waals surface area (Å²) < 4.78 is 0. The quantitative estimate of drug-likeness (QED) is 0.884. The summed E-state index contributed by atoms with van der Waals surface area (Å²) in [5.41, 5.74) is 1.32. The molecule has 21 heavy (non-hydrogen) atoms. The molecule has 0 amide bonds. The minimum atomic E-state index is -1.02. The number of aromatic nitrogens is 1. The lowest BCUT2D eigenvalue weighted by atomic mass is 10.0. The second-order valence-corrected chi connectivity index (χ2v) is 6.39. The van der Waals surface area contributed by atoms with Crippen LogP contribution in [0.15, 0.2) is 30.5 Å². The van der Waals surface area contributed by atoms with Crippen LogP contribution in [0.25, 0.3) is 10.9 Å². The summed E-state index contributed by atoms with van der Waals surface area (Å²) in [6.07, 6.45) is 0.0155. The SMILES string of the molecule is CC(=O)SCCC(O)C(O)c1ccc2nccc(Cl)c2c1. The molecule has 2 N–H and O–H groups in total. The molecule has 1 heterocycles. The van der Waals surface area contributed by atoms with E-state index in [9.17, 15) is 15.0 Å². The number of benzene rings is 1. The molecule has 0 saturated carbocycles. The van der Waals surface area contributed by atoms with Crippen LogP contribution in [0.5, 0.6) is 0 Å². The number of fused-ring (bicyclic) bond motifs is 1. The molecule has 1 aromatic heterocycles. The Labute approximate surface area is 132 Å². The second kappa shape index (κ2) is 7.22. The molecule has 2 aromatic rings. The minimum absolute atomic E-state index is 0.000233. The monoisotopic (exact) mass is 325 g/mol. The van der Waals surface area contributed by atoms with Gasteiger partial charge in [0.05, 0.1) is 16.6 Å². The summed E-state index contributed by atoms with van der Waals surface area (Å²) in [5.74, 6) is 0.476. The Kier molecular flexibility index (Phi) is 5.58. The first-order valence-electron chi connectivity index (χ1n) is 6.52. The van der Waals surface area contributed by atoms with Gasteiger partial charge < -0.3 is 10.2 Å². The predicted molar refractivity (Wildman–Crippen MR) is 85.5 cm³/mol. The molecule has 6 heteroatoms. The van der Waals surface area contributed by atoms with Crippen molar-refractivity contribution in [2.45, 2.75) is 25.6 Å². The molecular weight excluding hydrogens is 310 g/mol. The van der Waals surface area contributed by atoms with Gasteiger partial charge in [0.2, 0.25) is 0 Å². The Morgan fingerprint density at radius 3 is 2.86 bits per heavy atom. The average Bonchev–Trinajstić information content (AvgIpc) is 2.46. The van der Waals surface area contributed by atoms with Gasteiger partial charge >= 0.3 is 0 Å². The van der Waals surface area contributed by atoms with Gasteiger partial charge in [0.1, 0.15) is 6.10 Å². The Hall–Kier alpha value is -1.14. The smallest absolute Gasteiger partial charge is 0.185 e. The van der Waals surface area contributed by atoms with Crippen molar-refractivity contribution >= 4 is 39.4 Å². The van der Waals surface area contributed by atoms with Gasteiger partial charge in [0, 0.05) is 24.3 Å². The van der Waals surface area contributed by atoms with Crippen molar-refractivity contribution in [3.63, 3.8) is 0 Å². The number of rotatable bonds is 5. The van der Waals surface area contributed by atoms with Crippen LogP contribution in [0.1, 0.15) is 25.0 Å². The Morgan fingerprint density at radius 2 is 2.14 bits per heavy atom. The van der Waals surface area contributed by atoms with Crippen LogP contribution in [0.2, 0.25) is 5.02 Å². The van der Waals surface area contributed by atoms with Crippen molar-refractivity contribution < 1.29 is 15.0 Å². The Morgan fingerprint density at radius 1 is 1.38 bits per heavy atom. The highest BCUT2D eigenvalue weighted by molar-refractivity contribution is 8.13. The van der Waals surface area contributed by atoms with Crippen LogP contribution in [-0.2, 0) is 4.79 Å². The molecule has 0 bridgehead atoms. The highest BCUT2D eigenvalue weighted by Crippen LogP contribution is 2.27. The standard InChI is InChI=1S/C15H16ClNO3S/c1-9(18)21-7-5-14(19)15(20)10-2-3-13-11(8-10)12(16)4-6-17-13/h2-4,6,8,14-15,19-20H,5,7H2,1H3. The van der Waals surface area contributed by atoms with Crippen LogP contribution in [0, 0.1) is 0 Å². The van der Waals surface area contributed by atoms with Crippen molar-refractivity contribution in [2.75, 3.05) is 5.75 Å². The van der Waals surface area contributed by atoms with Gasteiger partial charge in [-0.15, -0.1) is 0 Å². The number of carbonyl (C=O) groups excluding carboxylic acids is 1. The van der Waals surface area contributed by atoms with Crippen LogP contribution in [0.4, 0.5) is 0 Å². The fourth-order valence-corrected chi connectivity index (χ4v) is 2.87. The highest BCUT2D eigenvalue weighted by Gasteiger charge is 2.19. The lowest BCUT2D eigenvalue weighted by molar-refractivity contribution is -0.109. The average molecular weight is 326 g/mol. The normalized spacial score (nSPS) is 14.1. The molecule has 0 spiro atoms. The van der Waals surface area contributed by atoms with Crippen LogP contribution >= 0.6 is 23.4 Å². The van der Waals surface area contributed by atoms with Crippen molar-refractivity contribution in [1.29, 1.82) is 0 Å². The number of hydrogen-bond donors (Lipinski definition) is 2. The maximum Gasteiger partial charge on any atom is 0.185 e. The van der Waals surface area contributed by atoms with Crippen LogP contribution in [-0.4, -0.2) is 32.2 Å². The summed E-state index contributed by atoms with van der Waals surface area (Å²) in [5, 5.41) is 21.5. The number of halogens is 1. The first kappa shape index (κ1) is 16.2. The molecule has 2 rings (SSSR count). The van der Waals surface area contributed by atoms with Gasteiger partial charge in [0.25, 0.3) is 0 Å². The molecule has 1 aromatic carbocycles. The summed E-state index contributed by atoms with van der Waals surface area (Å²) in [4.78, 5) is 15.0. The zero-order valence-corrected chi connectivity index (χ0v) is 13.1. The van der Waals surface area contributed by atoms with Gasteiger partial charge in [-0.1, -0.05) is 29.4 Å². The van der Waals surface area contributed by atoms with E-state index in [-0.39, 0.29) is 5.12 Å². The van der Waals surface area contributed by atoms with E-state index in [1.54, 1.807) is 30.5 Å². The van der Waals surface area contributed by atoms with Crippen LogP contribution < -0.4 is 0 Å². The third kappa shape index (κ3) is 4.17. The van der Waals surface area contributed by atoms with E-state index < -0.39 is 12.2 Å². The van der Waals surface area contributed by atoms with Gasteiger partial charge in [-0.05, 0) is 30.2 Å². The van der Waals surface area contributed by atoms with E-state index in [0.29, 0.717) is 22.8 Å². The van der Waals surface area contributed by atoms with Gasteiger partial charge in [-0.25, -0.2) is 0 Å². The maximum absolute atomic E-state index is 10.8. The molecule has 0 radical (unpaired) electrons. The van der Waals surface area contributed by atoms with E-state index in [1.165, 1.54) is 6.92 Å². The van der Waals surface area contributed by atoms with E-state index >= 15 is 0 Å². The summed E-state index contributed by atoms with van der Waals surface area (Å²) in [7, 11) is 0. The minimum Gasteiger partial charge on any atom is -0.390 e. The summed E-state index contributed by atoms with van der Waals surface area (Å²) in [6.45, 7) is 1.48. The molecular formula is C15H16ClNO3S. The number of thioether (sulfide) groups is 1. The first-order valence-corrected chi connectivity index (χ1v) is 7.89. The molecule has 0 aliphatic heterocycles. The highest BCUT2D eigenvalue weighted by atomic mass is 35.5. The Bertz CT molecular complexity index is 650. The molecule has 0 aliphatic carbocycles. The fourth-order valence-electron chi connectivity index (χ4n) is 2.02. The lowest BCUT2D eigenvalue weighted by Crippen LogP contribution is -2.19. The third-order valence-electron chi connectivity index (χ3n) is 3.14. The zero-order chi connectivity index (χ0) is 15.4.